The van der Waals surface area contributed by atoms with E-state index in [-0.39, 0.29) is 0 Å². The number of thioether (sulfide) groups is 1. The summed E-state index contributed by atoms with van der Waals surface area (Å²) in [5.74, 6) is 1.61. The van der Waals surface area contributed by atoms with Gasteiger partial charge < -0.3 is 4.74 Å². The molecule has 1 heterocycles. The second kappa shape index (κ2) is 9.78. The van der Waals surface area contributed by atoms with Gasteiger partial charge in [-0.1, -0.05) is 47.6 Å². The van der Waals surface area contributed by atoms with Gasteiger partial charge in [-0.25, -0.2) is 0 Å². The third-order valence-electron chi connectivity index (χ3n) is 4.48. The van der Waals surface area contributed by atoms with Crippen LogP contribution in [-0.4, -0.2) is 14.8 Å². The number of halogens is 4. The number of rotatable bonds is 8. The third-order valence-corrected chi connectivity index (χ3v) is 5.76. The fraction of sp³-hybridized carbons (Fsp3) is 0.273. The van der Waals surface area contributed by atoms with Gasteiger partial charge in [0.2, 0.25) is 0 Å². The molecule has 0 saturated heterocycles. The van der Waals surface area contributed by atoms with Crippen LogP contribution in [-0.2, 0) is 18.5 Å². The first-order valence-corrected chi connectivity index (χ1v) is 10.8. The summed E-state index contributed by atoms with van der Waals surface area (Å²) in [5, 5.41) is 9.69. The second-order valence-corrected chi connectivity index (χ2v) is 8.28. The Hall–Kier alpha value is -2.45. The highest BCUT2D eigenvalue weighted by atomic mass is 35.5. The summed E-state index contributed by atoms with van der Waals surface area (Å²) in [4.78, 5) is 0. The Kier molecular flexibility index (Phi) is 7.33. The SMILES string of the molecule is C=CCn1c(SCc2cccc(C(F)(F)F)c2)nnc1C(C)Oc1ccc(Cl)cc1C. The normalized spacial score (nSPS) is 12.6. The molecule has 0 fully saturated rings. The maximum atomic E-state index is 13.0. The molecule has 164 valence electrons. The molecule has 1 atom stereocenters. The van der Waals surface area contributed by atoms with Crippen molar-refractivity contribution in [3.8, 4) is 5.75 Å². The maximum absolute atomic E-state index is 13.0. The monoisotopic (exact) mass is 467 g/mol. The Labute approximate surface area is 188 Å². The van der Waals surface area contributed by atoms with Crippen molar-refractivity contribution in [1.29, 1.82) is 0 Å². The van der Waals surface area contributed by atoms with E-state index in [1.54, 1.807) is 24.3 Å². The van der Waals surface area contributed by atoms with Gasteiger partial charge in [-0.15, -0.1) is 16.8 Å². The summed E-state index contributed by atoms with van der Waals surface area (Å²) in [6, 6.07) is 10.6. The van der Waals surface area contributed by atoms with Crippen molar-refractivity contribution < 1.29 is 17.9 Å². The molecule has 4 nitrogen and oxygen atoms in total. The molecule has 0 radical (unpaired) electrons. The van der Waals surface area contributed by atoms with E-state index in [9.17, 15) is 13.2 Å². The number of hydrogen-bond donors (Lipinski definition) is 0. The molecule has 3 aromatic rings. The van der Waals surface area contributed by atoms with Gasteiger partial charge in [0.1, 0.15) is 5.75 Å². The van der Waals surface area contributed by atoms with Crippen molar-refractivity contribution in [2.24, 2.45) is 0 Å². The fourth-order valence-corrected chi connectivity index (χ4v) is 4.11. The van der Waals surface area contributed by atoms with Gasteiger partial charge in [-0.2, -0.15) is 13.2 Å². The molecule has 1 aromatic heterocycles. The molecule has 1 unspecified atom stereocenters. The highest BCUT2D eigenvalue weighted by Gasteiger charge is 2.30. The topological polar surface area (TPSA) is 39.9 Å². The Morgan fingerprint density at radius 2 is 2.00 bits per heavy atom. The Morgan fingerprint density at radius 3 is 2.68 bits per heavy atom. The first-order valence-electron chi connectivity index (χ1n) is 9.44. The van der Waals surface area contributed by atoms with Crippen LogP contribution in [0.5, 0.6) is 5.75 Å². The minimum absolute atomic E-state index is 0.324. The number of ether oxygens (including phenoxy) is 1. The van der Waals surface area contributed by atoms with Crippen LogP contribution in [0.15, 0.2) is 60.3 Å². The van der Waals surface area contributed by atoms with Gasteiger partial charge in [0, 0.05) is 17.3 Å². The molecule has 0 aliphatic heterocycles. The zero-order valence-corrected chi connectivity index (χ0v) is 18.6. The predicted molar refractivity (Wildman–Crippen MR) is 116 cm³/mol. The van der Waals surface area contributed by atoms with Gasteiger partial charge in [0.15, 0.2) is 17.1 Å². The van der Waals surface area contributed by atoms with E-state index in [1.165, 1.54) is 17.8 Å². The molecule has 2 aromatic carbocycles. The fourth-order valence-electron chi connectivity index (χ4n) is 2.98. The van der Waals surface area contributed by atoms with Crippen molar-refractivity contribution in [3.63, 3.8) is 0 Å². The molecule has 9 heteroatoms. The molecule has 0 aliphatic rings. The molecule has 0 N–H and O–H groups in total. The molecule has 0 amide bonds. The summed E-state index contributed by atoms with van der Waals surface area (Å²) in [6.45, 7) is 7.98. The Bertz CT molecular complexity index is 1070. The molecular weight excluding hydrogens is 447 g/mol. The first kappa shape index (κ1) is 23.2. The zero-order chi connectivity index (χ0) is 22.6. The van der Waals surface area contributed by atoms with Crippen LogP contribution in [0.2, 0.25) is 5.02 Å². The van der Waals surface area contributed by atoms with Crippen LogP contribution in [0.4, 0.5) is 13.2 Å². The standard InChI is InChI=1S/C22H21ClF3N3OS/c1-4-10-29-20(15(3)30-19-9-8-18(23)11-14(19)2)27-28-21(29)31-13-16-6-5-7-17(12-16)22(24,25)26/h4-9,11-12,15H,1,10,13H2,2-3H3. The molecule has 0 saturated carbocycles. The number of hydrogen-bond acceptors (Lipinski definition) is 4. The van der Waals surface area contributed by atoms with Crippen LogP contribution < -0.4 is 4.74 Å². The van der Waals surface area contributed by atoms with Gasteiger partial charge in [-0.3, -0.25) is 4.57 Å². The summed E-state index contributed by atoms with van der Waals surface area (Å²) < 4.78 is 46.8. The number of nitrogens with zero attached hydrogens (tertiary/aromatic N) is 3. The van der Waals surface area contributed by atoms with E-state index < -0.39 is 17.8 Å². The number of alkyl halides is 3. The number of benzene rings is 2. The lowest BCUT2D eigenvalue weighted by molar-refractivity contribution is -0.137. The smallest absolute Gasteiger partial charge is 0.416 e. The minimum atomic E-state index is -4.37. The molecule has 0 bridgehead atoms. The molecule has 31 heavy (non-hydrogen) atoms. The van der Waals surface area contributed by atoms with Crippen LogP contribution in [0.25, 0.3) is 0 Å². The van der Waals surface area contributed by atoms with E-state index in [2.05, 4.69) is 16.8 Å². The number of aromatic nitrogens is 3. The largest absolute Gasteiger partial charge is 0.482 e. The van der Waals surface area contributed by atoms with Crippen LogP contribution in [0.3, 0.4) is 0 Å². The van der Waals surface area contributed by atoms with Crippen molar-refractivity contribution >= 4 is 23.4 Å². The number of aryl methyl sites for hydroxylation is 1. The molecule has 0 spiro atoms. The zero-order valence-electron chi connectivity index (χ0n) is 17.0. The first-order chi connectivity index (χ1) is 14.7. The Balaban J connectivity index is 1.78. The second-order valence-electron chi connectivity index (χ2n) is 6.90. The van der Waals surface area contributed by atoms with E-state index in [0.717, 1.165) is 17.7 Å². The lowest BCUT2D eigenvalue weighted by Crippen LogP contribution is -2.12. The van der Waals surface area contributed by atoms with E-state index in [0.29, 0.717) is 39.6 Å². The highest BCUT2D eigenvalue weighted by molar-refractivity contribution is 7.98. The van der Waals surface area contributed by atoms with Gasteiger partial charge in [0.05, 0.1) is 5.56 Å². The summed E-state index contributed by atoms with van der Waals surface area (Å²) in [7, 11) is 0. The van der Waals surface area contributed by atoms with Crippen LogP contribution in [0, 0.1) is 6.92 Å². The molecule has 0 aliphatic carbocycles. The quantitative estimate of drug-likeness (QED) is 0.267. The van der Waals surface area contributed by atoms with Gasteiger partial charge in [-0.05, 0) is 49.2 Å². The maximum Gasteiger partial charge on any atom is 0.416 e. The average molecular weight is 468 g/mol. The van der Waals surface area contributed by atoms with Crippen molar-refractivity contribution in [1.82, 2.24) is 14.8 Å². The van der Waals surface area contributed by atoms with Gasteiger partial charge in [0.25, 0.3) is 0 Å². The molecule has 3 rings (SSSR count). The van der Waals surface area contributed by atoms with E-state index >= 15 is 0 Å². The van der Waals surface area contributed by atoms with Crippen molar-refractivity contribution in [2.45, 2.75) is 43.6 Å². The van der Waals surface area contributed by atoms with E-state index in [4.69, 9.17) is 16.3 Å². The lowest BCUT2D eigenvalue weighted by Gasteiger charge is -2.17. The predicted octanol–water partition coefficient (Wildman–Crippen LogP) is 6.88. The highest BCUT2D eigenvalue weighted by Crippen LogP contribution is 2.32. The summed E-state index contributed by atoms with van der Waals surface area (Å²) in [5.41, 5.74) is 0.781. The number of allylic oxidation sites excluding steroid dienone is 1. The summed E-state index contributed by atoms with van der Waals surface area (Å²) >= 11 is 7.31. The Morgan fingerprint density at radius 1 is 1.23 bits per heavy atom. The van der Waals surface area contributed by atoms with Crippen molar-refractivity contribution in [2.75, 3.05) is 0 Å². The third kappa shape index (κ3) is 5.83. The van der Waals surface area contributed by atoms with Crippen LogP contribution in [0.1, 0.15) is 35.5 Å². The van der Waals surface area contributed by atoms with Gasteiger partial charge >= 0.3 is 6.18 Å². The lowest BCUT2D eigenvalue weighted by atomic mass is 10.1. The molecular formula is C22H21ClF3N3OS. The van der Waals surface area contributed by atoms with Crippen molar-refractivity contribution in [3.05, 3.63) is 82.7 Å². The van der Waals surface area contributed by atoms with E-state index in [1.807, 2.05) is 24.5 Å². The van der Waals surface area contributed by atoms with Crippen LogP contribution >= 0.6 is 23.4 Å². The average Bonchev–Trinajstić information content (AvgIpc) is 3.11. The summed E-state index contributed by atoms with van der Waals surface area (Å²) in [6.07, 6.45) is -3.07. The minimum Gasteiger partial charge on any atom is -0.482 e.